The van der Waals surface area contributed by atoms with Gasteiger partial charge in [0.05, 0.1) is 11.3 Å². The second kappa shape index (κ2) is 4.76. The van der Waals surface area contributed by atoms with E-state index in [0.29, 0.717) is 12.3 Å². The van der Waals surface area contributed by atoms with E-state index >= 15 is 0 Å². The summed E-state index contributed by atoms with van der Waals surface area (Å²) in [6.07, 6.45) is 3.91. The summed E-state index contributed by atoms with van der Waals surface area (Å²) in [5, 5.41) is 8.87. The highest BCUT2D eigenvalue weighted by molar-refractivity contribution is 9.10. The number of nitrogens with zero attached hydrogens (tertiary/aromatic N) is 2. The van der Waals surface area contributed by atoms with Crippen LogP contribution in [0.15, 0.2) is 27.3 Å². The molecule has 0 aliphatic carbocycles. The second-order valence-corrected chi connectivity index (χ2v) is 4.30. The van der Waals surface area contributed by atoms with Crippen LogP contribution in [0, 0.1) is 6.92 Å². The Bertz CT molecular complexity index is 496. The topological polar surface area (TPSA) is 59.2 Å². The van der Waals surface area contributed by atoms with Gasteiger partial charge < -0.3 is 9.52 Å². The highest BCUT2D eigenvalue weighted by atomic mass is 79.9. The van der Waals surface area contributed by atoms with Gasteiger partial charge in [-0.2, -0.15) is 0 Å². The molecular formula is C11H11BrN2O2. The molecule has 0 fully saturated rings. The Morgan fingerprint density at radius 3 is 2.94 bits per heavy atom. The second-order valence-electron chi connectivity index (χ2n) is 3.39. The van der Waals surface area contributed by atoms with Gasteiger partial charge in [-0.15, -0.1) is 0 Å². The highest BCUT2D eigenvalue weighted by Crippen LogP contribution is 2.23. The lowest BCUT2D eigenvalue weighted by Gasteiger charge is -1.94. The first kappa shape index (κ1) is 11.3. The van der Waals surface area contributed by atoms with Gasteiger partial charge in [-0.05, 0) is 28.9 Å². The Labute approximate surface area is 101 Å². The van der Waals surface area contributed by atoms with E-state index in [1.807, 2.05) is 13.0 Å². The van der Waals surface area contributed by atoms with E-state index in [0.717, 1.165) is 21.5 Å². The fourth-order valence-electron chi connectivity index (χ4n) is 1.42. The van der Waals surface area contributed by atoms with E-state index < -0.39 is 0 Å². The minimum absolute atomic E-state index is 0.0730. The molecule has 0 saturated carbocycles. The van der Waals surface area contributed by atoms with Crippen molar-refractivity contribution in [2.45, 2.75) is 13.3 Å². The summed E-state index contributed by atoms with van der Waals surface area (Å²) in [4.78, 5) is 8.37. The summed E-state index contributed by atoms with van der Waals surface area (Å²) in [5.41, 5.74) is 1.61. The Morgan fingerprint density at radius 2 is 2.25 bits per heavy atom. The number of oxazole rings is 1. The van der Waals surface area contributed by atoms with Crippen molar-refractivity contribution in [2.75, 3.05) is 6.61 Å². The van der Waals surface area contributed by atoms with Crippen molar-refractivity contribution in [3.63, 3.8) is 0 Å². The van der Waals surface area contributed by atoms with Crippen molar-refractivity contribution in [2.24, 2.45) is 0 Å². The zero-order valence-electron chi connectivity index (χ0n) is 8.77. The number of aliphatic hydroxyl groups excluding tert-OH is 1. The smallest absolute Gasteiger partial charge is 0.228 e. The van der Waals surface area contributed by atoms with Gasteiger partial charge in [-0.3, -0.25) is 4.98 Å². The van der Waals surface area contributed by atoms with Crippen molar-refractivity contribution in [3.05, 3.63) is 34.4 Å². The molecule has 0 aliphatic heterocycles. The van der Waals surface area contributed by atoms with Crippen LogP contribution in [0.4, 0.5) is 0 Å². The third-order valence-electron chi connectivity index (χ3n) is 2.19. The number of hydrogen-bond donors (Lipinski definition) is 1. The first-order valence-electron chi connectivity index (χ1n) is 4.89. The molecule has 0 aliphatic rings. The number of aliphatic hydroxyl groups is 1. The van der Waals surface area contributed by atoms with Crippen molar-refractivity contribution in [1.29, 1.82) is 0 Å². The summed E-state index contributed by atoms with van der Waals surface area (Å²) >= 11 is 3.34. The van der Waals surface area contributed by atoms with Gasteiger partial charge in [0.15, 0.2) is 0 Å². The van der Waals surface area contributed by atoms with E-state index in [4.69, 9.17) is 9.52 Å². The van der Waals surface area contributed by atoms with E-state index in [2.05, 4.69) is 25.9 Å². The lowest BCUT2D eigenvalue weighted by molar-refractivity contribution is 0.297. The average Bonchev–Trinajstić information content (AvgIpc) is 2.61. The molecule has 0 atom stereocenters. The molecule has 1 N–H and O–H groups in total. The molecule has 0 saturated heterocycles. The van der Waals surface area contributed by atoms with Crippen LogP contribution in [0.25, 0.3) is 11.5 Å². The monoisotopic (exact) mass is 282 g/mol. The molecule has 4 nitrogen and oxygen atoms in total. The zero-order chi connectivity index (χ0) is 11.5. The molecule has 2 heterocycles. The summed E-state index contributed by atoms with van der Waals surface area (Å²) < 4.78 is 6.40. The molecular weight excluding hydrogens is 272 g/mol. The molecule has 0 unspecified atom stereocenters. The summed E-state index contributed by atoms with van der Waals surface area (Å²) in [6.45, 7) is 1.91. The van der Waals surface area contributed by atoms with Crippen molar-refractivity contribution < 1.29 is 9.52 Å². The molecule has 0 amide bonds. The maximum Gasteiger partial charge on any atom is 0.228 e. The SMILES string of the molecule is Cc1oc(-c2cncc(Br)c2)nc1CCO. The van der Waals surface area contributed by atoms with E-state index in [1.54, 1.807) is 12.4 Å². The quantitative estimate of drug-likeness (QED) is 0.939. The van der Waals surface area contributed by atoms with Crippen LogP contribution >= 0.6 is 15.9 Å². The fraction of sp³-hybridized carbons (Fsp3) is 0.273. The minimum Gasteiger partial charge on any atom is -0.441 e. The first-order chi connectivity index (χ1) is 7.70. The van der Waals surface area contributed by atoms with Crippen LogP contribution in [-0.4, -0.2) is 21.7 Å². The molecule has 2 aromatic heterocycles. The van der Waals surface area contributed by atoms with Gasteiger partial charge in [0.25, 0.3) is 0 Å². The highest BCUT2D eigenvalue weighted by Gasteiger charge is 2.11. The third-order valence-corrected chi connectivity index (χ3v) is 2.63. The van der Waals surface area contributed by atoms with Crippen LogP contribution < -0.4 is 0 Å². The van der Waals surface area contributed by atoms with Gasteiger partial charge in [-0.1, -0.05) is 0 Å². The van der Waals surface area contributed by atoms with Crippen LogP contribution in [0.5, 0.6) is 0 Å². The maximum atomic E-state index is 8.87. The van der Waals surface area contributed by atoms with Crippen LogP contribution in [0.3, 0.4) is 0 Å². The third kappa shape index (κ3) is 2.31. The normalized spacial score (nSPS) is 10.7. The molecule has 5 heteroatoms. The predicted octanol–water partition coefficient (Wildman–Crippen LogP) is 2.34. The van der Waals surface area contributed by atoms with Gasteiger partial charge in [0.1, 0.15) is 5.76 Å². The van der Waals surface area contributed by atoms with Gasteiger partial charge in [0.2, 0.25) is 5.89 Å². The molecule has 2 rings (SSSR count). The Kier molecular flexibility index (Phi) is 3.36. The largest absolute Gasteiger partial charge is 0.441 e. The number of pyridine rings is 1. The standard InChI is InChI=1S/C11H11BrN2O2/c1-7-10(2-3-15)14-11(16-7)8-4-9(12)6-13-5-8/h4-6,15H,2-3H2,1H3. The van der Waals surface area contributed by atoms with Crippen LogP contribution in [0.2, 0.25) is 0 Å². The molecule has 0 radical (unpaired) electrons. The molecule has 0 spiro atoms. The Hall–Kier alpha value is -1.20. The molecule has 0 bridgehead atoms. The summed E-state index contributed by atoms with van der Waals surface area (Å²) in [7, 11) is 0. The van der Waals surface area contributed by atoms with Gasteiger partial charge in [0, 0.05) is 29.9 Å². The first-order valence-corrected chi connectivity index (χ1v) is 5.68. The maximum absolute atomic E-state index is 8.87. The van der Waals surface area contributed by atoms with Crippen LogP contribution in [-0.2, 0) is 6.42 Å². The average molecular weight is 283 g/mol. The number of aryl methyl sites for hydroxylation is 1. The number of aromatic nitrogens is 2. The number of halogens is 1. The van der Waals surface area contributed by atoms with E-state index in [-0.39, 0.29) is 6.61 Å². The van der Waals surface area contributed by atoms with Crippen molar-refractivity contribution >= 4 is 15.9 Å². The Morgan fingerprint density at radius 1 is 1.44 bits per heavy atom. The predicted molar refractivity (Wildman–Crippen MR) is 63.0 cm³/mol. The summed E-state index contributed by atoms with van der Waals surface area (Å²) in [6, 6.07) is 1.89. The van der Waals surface area contributed by atoms with Crippen molar-refractivity contribution in [1.82, 2.24) is 9.97 Å². The van der Waals surface area contributed by atoms with Gasteiger partial charge in [-0.25, -0.2) is 4.98 Å². The molecule has 0 aromatic carbocycles. The van der Waals surface area contributed by atoms with E-state index in [9.17, 15) is 0 Å². The van der Waals surface area contributed by atoms with Gasteiger partial charge >= 0.3 is 0 Å². The zero-order valence-corrected chi connectivity index (χ0v) is 10.4. The van der Waals surface area contributed by atoms with E-state index in [1.165, 1.54) is 0 Å². The molecule has 16 heavy (non-hydrogen) atoms. The summed E-state index contributed by atoms with van der Waals surface area (Å²) in [5.74, 6) is 1.28. The van der Waals surface area contributed by atoms with Crippen molar-refractivity contribution in [3.8, 4) is 11.5 Å². The number of hydrogen-bond acceptors (Lipinski definition) is 4. The lowest BCUT2D eigenvalue weighted by Crippen LogP contribution is -1.92. The Balaban J connectivity index is 2.37. The molecule has 2 aromatic rings. The van der Waals surface area contributed by atoms with Crippen LogP contribution in [0.1, 0.15) is 11.5 Å². The lowest BCUT2D eigenvalue weighted by atomic mass is 10.3. The minimum atomic E-state index is 0.0730. The number of rotatable bonds is 3. The molecule has 84 valence electrons. The fourth-order valence-corrected chi connectivity index (χ4v) is 1.78.